The lowest BCUT2D eigenvalue weighted by molar-refractivity contribution is -0.136. The molecule has 0 aliphatic rings. The van der Waals surface area contributed by atoms with E-state index in [2.05, 4.69) is 15.3 Å². The fraction of sp³-hybridized carbons (Fsp3) is 0.300. The van der Waals surface area contributed by atoms with Crippen molar-refractivity contribution in [3.05, 3.63) is 50.7 Å². The van der Waals surface area contributed by atoms with Crippen molar-refractivity contribution in [2.45, 2.75) is 39.9 Å². The number of thiazole rings is 1. The molecule has 0 aliphatic heterocycles. The Morgan fingerprint density at radius 3 is 2.63 bits per heavy atom. The van der Waals surface area contributed by atoms with Crippen molar-refractivity contribution in [2.75, 3.05) is 5.32 Å². The van der Waals surface area contributed by atoms with Crippen LogP contribution in [0.2, 0.25) is 0 Å². The van der Waals surface area contributed by atoms with E-state index in [4.69, 9.17) is 14.6 Å². The highest BCUT2D eigenvalue weighted by Crippen LogP contribution is 2.23. The summed E-state index contributed by atoms with van der Waals surface area (Å²) in [7, 11) is 0. The maximum atomic E-state index is 12.7. The van der Waals surface area contributed by atoms with Crippen LogP contribution in [0.4, 0.5) is 5.13 Å². The third-order valence-electron chi connectivity index (χ3n) is 3.66. The molecule has 0 bridgehead atoms. The number of hydrogen-bond donors (Lipinski definition) is 2. The zero-order valence-electron chi connectivity index (χ0n) is 16.7. The Labute approximate surface area is 181 Å². The number of nitrogens with one attached hydrogen (secondary N) is 1. The van der Waals surface area contributed by atoms with Gasteiger partial charge in [0.15, 0.2) is 5.13 Å². The van der Waals surface area contributed by atoms with Crippen molar-refractivity contribution in [1.82, 2.24) is 9.97 Å². The minimum atomic E-state index is -0.981. The van der Waals surface area contributed by atoms with E-state index in [-0.39, 0.29) is 24.3 Å². The van der Waals surface area contributed by atoms with Crippen molar-refractivity contribution in [1.29, 1.82) is 0 Å². The lowest BCUT2D eigenvalue weighted by atomic mass is 10.2. The molecule has 158 valence electrons. The Bertz CT molecular complexity index is 1040. The molecular weight excluding hydrogens is 426 g/mol. The summed E-state index contributed by atoms with van der Waals surface area (Å²) in [6.07, 6.45) is -0.324. The Balaban J connectivity index is 1.76. The zero-order valence-corrected chi connectivity index (χ0v) is 18.3. The van der Waals surface area contributed by atoms with Gasteiger partial charge in [-0.25, -0.2) is 4.98 Å². The van der Waals surface area contributed by atoms with Crippen LogP contribution in [0.25, 0.3) is 0 Å². The number of thiophene rings is 1. The number of pyridine rings is 1. The molecule has 0 saturated heterocycles. The summed E-state index contributed by atoms with van der Waals surface area (Å²) in [6, 6.07) is 7.07. The molecule has 30 heavy (non-hydrogen) atoms. The SMILES string of the molecule is Cc1ccc(COc2cc(C(=O)Nc3nc(CC(=O)O)cs3)cc(OC(C)C)n2)s1. The molecule has 0 saturated carbocycles. The highest BCUT2D eigenvalue weighted by Gasteiger charge is 2.15. The first-order chi connectivity index (χ1) is 14.3. The van der Waals surface area contributed by atoms with Crippen LogP contribution >= 0.6 is 22.7 Å². The Morgan fingerprint density at radius 2 is 1.97 bits per heavy atom. The molecule has 3 rings (SSSR count). The maximum absolute atomic E-state index is 12.7. The molecule has 3 heterocycles. The topological polar surface area (TPSA) is 111 Å². The number of carboxylic acid groups (broad SMARTS) is 1. The number of aromatic nitrogens is 2. The number of aliphatic carboxylic acids is 1. The molecule has 0 unspecified atom stereocenters. The first-order valence-corrected chi connectivity index (χ1v) is 10.8. The Morgan fingerprint density at radius 1 is 1.20 bits per heavy atom. The van der Waals surface area contributed by atoms with Crippen LogP contribution < -0.4 is 14.8 Å². The molecule has 8 nitrogen and oxygen atoms in total. The van der Waals surface area contributed by atoms with Crippen LogP contribution in [0.5, 0.6) is 11.8 Å². The van der Waals surface area contributed by atoms with Crippen LogP contribution in [-0.4, -0.2) is 33.1 Å². The Hall–Kier alpha value is -2.98. The minimum absolute atomic E-state index is 0.124. The third-order valence-corrected chi connectivity index (χ3v) is 5.44. The van der Waals surface area contributed by atoms with E-state index in [0.717, 1.165) is 16.2 Å². The molecule has 0 radical (unpaired) electrons. The standard InChI is InChI=1S/C20H21N3O5S2/c1-11(2)28-17-7-13(6-16(22-17)27-9-15-5-4-12(3)30-15)19(26)23-20-21-14(10-29-20)8-18(24)25/h4-7,10-11H,8-9H2,1-3H3,(H,24,25)(H,21,23,26). The van der Waals surface area contributed by atoms with Crippen molar-refractivity contribution in [3.63, 3.8) is 0 Å². The molecule has 2 N–H and O–H groups in total. The molecule has 3 aromatic rings. The molecule has 0 aliphatic carbocycles. The quantitative estimate of drug-likeness (QED) is 0.507. The van der Waals surface area contributed by atoms with Crippen molar-refractivity contribution < 1.29 is 24.2 Å². The maximum Gasteiger partial charge on any atom is 0.309 e. The average molecular weight is 448 g/mol. The number of amides is 1. The number of carbonyl (C=O) groups excluding carboxylic acids is 1. The summed E-state index contributed by atoms with van der Waals surface area (Å²) < 4.78 is 11.4. The summed E-state index contributed by atoms with van der Waals surface area (Å²) in [4.78, 5) is 34.2. The van der Waals surface area contributed by atoms with Gasteiger partial charge >= 0.3 is 5.97 Å². The van der Waals surface area contributed by atoms with E-state index in [1.807, 2.05) is 32.9 Å². The first-order valence-electron chi connectivity index (χ1n) is 9.13. The van der Waals surface area contributed by atoms with Gasteiger partial charge < -0.3 is 14.6 Å². The van der Waals surface area contributed by atoms with E-state index in [1.165, 1.54) is 17.0 Å². The second kappa shape index (κ2) is 9.68. The van der Waals surface area contributed by atoms with E-state index in [9.17, 15) is 9.59 Å². The monoisotopic (exact) mass is 447 g/mol. The highest BCUT2D eigenvalue weighted by atomic mass is 32.1. The van der Waals surface area contributed by atoms with Crippen molar-refractivity contribution >= 4 is 39.7 Å². The van der Waals surface area contributed by atoms with Crippen LogP contribution in [0, 0.1) is 6.92 Å². The molecule has 3 aromatic heterocycles. The predicted molar refractivity (Wildman–Crippen MR) is 115 cm³/mol. The molecule has 0 aromatic carbocycles. The van der Waals surface area contributed by atoms with E-state index in [0.29, 0.717) is 23.0 Å². The second-order valence-electron chi connectivity index (χ2n) is 6.67. The summed E-state index contributed by atoms with van der Waals surface area (Å²) in [5.74, 6) is -0.847. The van der Waals surface area contributed by atoms with E-state index < -0.39 is 11.9 Å². The third kappa shape index (κ3) is 6.26. The van der Waals surface area contributed by atoms with Gasteiger partial charge in [0, 0.05) is 27.3 Å². The number of carbonyl (C=O) groups is 2. The van der Waals surface area contributed by atoms with Crippen molar-refractivity contribution in [2.24, 2.45) is 0 Å². The molecule has 0 atom stereocenters. The molecule has 1 amide bonds. The number of hydrogen-bond acceptors (Lipinski definition) is 8. The van der Waals surface area contributed by atoms with Gasteiger partial charge in [-0.15, -0.1) is 22.7 Å². The van der Waals surface area contributed by atoms with Gasteiger partial charge in [0.1, 0.15) is 6.61 Å². The lowest BCUT2D eigenvalue weighted by Gasteiger charge is -2.12. The second-order valence-corrected chi connectivity index (χ2v) is 8.90. The summed E-state index contributed by atoms with van der Waals surface area (Å²) in [5.41, 5.74) is 0.685. The number of nitrogens with zero attached hydrogens (tertiary/aromatic N) is 2. The summed E-state index contributed by atoms with van der Waals surface area (Å²) >= 11 is 2.79. The largest absolute Gasteiger partial charge is 0.481 e. The summed E-state index contributed by atoms with van der Waals surface area (Å²) in [5, 5.41) is 13.4. The van der Waals surface area contributed by atoms with Gasteiger partial charge in [0.25, 0.3) is 5.91 Å². The number of anilines is 1. The normalized spacial score (nSPS) is 10.8. The Kier molecular flexibility index (Phi) is 7.01. The number of carboxylic acids is 1. The molecular formula is C20H21N3O5S2. The highest BCUT2D eigenvalue weighted by molar-refractivity contribution is 7.14. The fourth-order valence-electron chi connectivity index (χ4n) is 2.47. The molecule has 0 spiro atoms. The predicted octanol–water partition coefficient (Wildman–Crippen LogP) is 4.15. The van der Waals surface area contributed by atoms with Crippen molar-refractivity contribution in [3.8, 4) is 11.8 Å². The van der Waals surface area contributed by atoms with E-state index >= 15 is 0 Å². The molecule has 10 heteroatoms. The average Bonchev–Trinajstić information content (AvgIpc) is 3.27. The minimum Gasteiger partial charge on any atom is -0.481 e. The van der Waals surface area contributed by atoms with Gasteiger partial charge in [-0.2, -0.15) is 4.98 Å². The lowest BCUT2D eigenvalue weighted by Crippen LogP contribution is -2.14. The number of ether oxygens (including phenoxy) is 2. The molecule has 0 fully saturated rings. The zero-order chi connectivity index (χ0) is 21.7. The van der Waals surface area contributed by atoms with Gasteiger partial charge in [-0.05, 0) is 32.9 Å². The van der Waals surface area contributed by atoms with Gasteiger partial charge in [0.05, 0.1) is 23.8 Å². The fourth-order valence-corrected chi connectivity index (χ4v) is 3.97. The van der Waals surface area contributed by atoms with Gasteiger partial charge in [-0.3, -0.25) is 14.9 Å². The van der Waals surface area contributed by atoms with Gasteiger partial charge in [0.2, 0.25) is 11.8 Å². The van der Waals surface area contributed by atoms with Crippen LogP contribution in [0.1, 0.15) is 39.7 Å². The summed E-state index contributed by atoms with van der Waals surface area (Å²) in [6.45, 7) is 6.08. The van der Waals surface area contributed by atoms with E-state index in [1.54, 1.807) is 16.7 Å². The number of aryl methyl sites for hydroxylation is 1. The number of rotatable bonds is 9. The van der Waals surface area contributed by atoms with Crippen LogP contribution in [0.3, 0.4) is 0 Å². The van der Waals surface area contributed by atoms with Gasteiger partial charge in [-0.1, -0.05) is 0 Å². The smallest absolute Gasteiger partial charge is 0.309 e. The first kappa shape index (κ1) is 21.7. The van der Waals surface area contributed by atoms with Crippen LogP contribution in [-0.2, 0) is 17.8 Å². The van der Waals surface area contributed by atoms with Crippen LogP contribution in [0.15, 0.2) is 29.6 Å².